The van der Waals surface area contributed by atoms with E-state index >= 15 is 0 Å². The maximum Gasteiger partial charge on any atom is 0.262 e. The van der Waals surface area contributed by atoms with Gasteiger partial charge in [0.15, 0.2) is 0 Å². The van der Waals surface area contributed by atoms with E-state index in [4.69, 9.17) is 23.2 Å². The average Bonchev–Trinajstić information content (AvgIpc) is 2.35. The highest BCUT2D eigenvalue weighted by molar-refractivity contribution is 6.31. The summed E-state index contributed by atoms with van der Waals surface area (Å²) in [4.78, 5) is 16.5. The molecule has 4 nitrogen and oxygen atoms in total. The van der Waals surface area contributed by atoms with E-state index in [1.165, 1.54) is 4.57 Å². The summed E-state index contributed by atoms with van der Waals surface area (Å²) >= 11 is 11.9. The molecular weight excluding hydrogens is 273 g/mol. The predicted molar refractivity (Wildman–Crippen MR) is 74.5 cm³/mol. The highest BCUT2D eigenvalue weighted by Gasteiger charge is 2.11. The van der Waals surface area contributed by atoms with Crippen LogP contribution in [0.5, 0.6) is 0 Å². The van der Waals surface area contributed by atoms with Crippen LogP contribution in [0.25, 0.3) is 10.9 Å². The van der Waals surface area contributed by atoms with Crippen molar-refractivity contribution in [2.24, 2.45) is 0 Å². The second-order valence-corrected chi connectivity index (χ2v) is 4.92. The highest BCUT2D eigenvalue weighted by Crippen LogP contribution is 2.16. The quantitative estimate of drug-likeness (QED) is 0.881. The van der Waals surface area contributed by atoms with Gasteiger partial charge in [0.05, 0.1) is 10.9 Å². The minimum atomic E-state index is -0.172. The molecule has 96 valence electrons. The molecular formula is C12H13Cl2N3O. The molecule has 1 aromatic heterocycles. The third kappa shape index (κ3) is 2.51. The summed E-state index contributed by atoms with van der Waals surface area (Å²) in [6.45, 7) is 2.43. The number of rotatable bonds is 3. The highest BCUT2D eigenvalue weighted by atomic mass is 35.5. The first-order chi connectivity index (χ1) is 8.52. The molecule has 2 rings (SSSR count). The zero-order chi connectivity index (χ0) is 13.3. The molecule has 18 heavy (non-hydrogen) atoms. The van der Waals surface area contributed by atoms with Crippen LogP contribution in [0.3, 0.4) is 0 Å². The first-order valence-corrected chi connectivity index (χ1v) is 6.31. The van der Waals surface area contributed by atoms with E-state index in [0.717, 1.165) is 0 Å². The second-order valence-electron chi connectivity index (χ2n) is 4.15. The fourth-order valence-electron chi connectivity index (χ4n) is 1.69. The van der Waals surface area contributed by atoms with Gasteiger partial charge in [0.1, 0.15) is 0 Å². The van der Waals surface area contributed by atoms with Gasteiger partial charge in [0, 0.05) is 17.6 Å². The maximum absolute atomic E-state index is 12.3. The molecule has 1 heterocycles. The Bertz CT molecular complexity index is 639. The minimum absolute atomic E-state index is 0.124. The van der Waals surface area contributed by atoms with Gasteiger partial charge < -0.3 is 5.32 Å². The first-order valence-electron chi connectivity index (χ1n) is 5.56. The van der Waals surface area contributed by atoms with Crippen molar-refractivity contribution in [2.75, 3.05) is 7.05 Å². The maximum atomic E-state index is 12.3. The van der Waals surface area contributed by atoms with Crippen LogP contribution in [0, 0.1) is 0 Å². The molecule has 6 heteroatoms. The molecule has 0 aliphatic heterocycles. The number of nitrogens with zero attached hydrogens (tertiary/aromatic N) is 2. The van der Waals surface area contributed by atoms with E-state index in [0.29, 0.717) is 22.5 Å². The topological polar surface area (TPSA) is 46.9 Å². The van der Waals surface area contributed by atoms with Gasteiger partial charge in [0.25, 0.3) is 5.56 Å². The lowest BCUT2D eigenvalue weighted by Gasteiger charge is -2.14. The molecule has 1 atom stereocenters. The van der Waals surface area contributed by atoms with Gasteiger partial charge >= 0.3 is 0 Å². The van der Waals surface area contributed by atoms with Gasteiger partial charge in [0.2, 0.25) is 5.28 Å². The Labute approximate surface area is 115 Å². The molecule has 0 spiro atoms. The van der Waals surface area contributed by atoms with E-state index < -0.39 is 0 Å². The van der Waals surface area contributed by atoms with Crippen molar-refractivity contribution < 1.29 is 0 Å². The third-order valence-electron chi connectivity index (χ3n) is 2.82. The Hall–Kier alpha value is -1.10. The number of benzene rings is 1. The van der Waals surface area contributed by atoms with Crippen LogP contribution in [-0.4, -0.2) is 22.6 Å². The molecule has 0 bridgehead atoms. The van der Waals surface area contributed by atoms with E-state index in [1.807, 2.05) is 14.0 Å². The SMILES string of the molecule is CNC(C)Cn1c(Cl)nc2ccc(Cl)cc2c1=O. The number of likely N-dealkylation sites (N-methyl/N-ethyl adjacent to an activating group) is 1. The number of nitrogens with one attached hydrogen (secondary N) is 1. The number of aromatic nitrogens is 2. The van der Waals surface area contributed by atoms with Crippen molar-refractivity contribution in [2.45, 2.75) is 19.5 Å². The Kier molecular flexibility index (Phi) is 3.90. The summed E-state index contributed by atoms with van der Waals surface area (Å²) in [7, 11) is 1.83. The molecule has 1 aromatic carbocycles. The van der Waals surface area contributed by atoms with Crippen LogP contribution in [0.2, 0.25) is 10.3 Å². The largest absolute Gasteiger partial charge is 0.315 e. The molecule has 1 N–H and O–H groups in total. The van der Waals surface area contributed by atoms with Crippen molar-refractivity contribution in [1.82, 2.24) is 14.9 Å². The molecule has 0 saturated heterocycles. The van der Waals surface area contributed by atoms with Gasteiger partial charge in [-0.25, -0.2) is 4.98 Å². The number of hydrogen-bond donors (Lipinski definition) is 1. The van der Waals surface area contributed by atoms with Crippen molar-refractivity contribution in [1.29, 1.82) is 0 Å². The van der Waals surface area contributed by atoms with Gasteiger partial charge in [-0.2, -0.15) is 0 Å². The van der Waals surface area contributed by atoms with Gasteiger partial charge in [-0.1, -0.05) is 11.6 Å². The second kappa shape index (κ2) is 5.26. The van der Waals surface area contributed by atoms with Crippen molar-refractivity contribution in [3.63, 3.8) is 0 Å². The lowest BCUT2D eigenvalue weighted by Crippen LogP contribution is -2.33. The van der Waals surface area contributed by atoms with Gasteiger partial charge in [-0.15, -0.1) is 0 Å². The lowest BCUT2D eigenvalue weighted by molar-refractivity contribution is 0.503. The Morgan fingerprint density at radius 3 is 2.83 bits per heavy atom. The Morgan fingerprint density at radius 1 is 1.44 bits per heavy atom. The van der Waals surface area contributed by atoms with Gasteiger partial charge in [-0.3, -0.25) is 9.36 Å². The van der Waals surface area contributed by atoms with Crippen LogP contribution < -0.4 is 10.9 Å². The number of halogens is 2. The fraction of sp³-hybridized carbons (Fsp3) is 0.333. The van der Waals surface area contributed by atoms with Crippen LogP contribution in [0.4, 0.5) is 0 Å². The van der Waals surface area contributed by atoms with E-state index in [9.17, 15) is 4.79 Å². The molecule has 0 aliphatic rings. The summed E-state index contributed by atoms with van der Waals surface area (Å²) < 4.78 is 1.45. The minimum Gasteiger partial charge on any atom is -0.315 e. The van der Waals surface area contributed by atoms with Crippen molar-refractivity contribution in [3.05, 3.63) is 38.9 Å². The molecule has 2 aromatic rings. The summed E-state index contributed by atoms with van der Waals surface area (Å²) in [6, 6.07) is 5.12. The zero-order valence-electron chi connectivity index (χ0n) is 10.1. The average molecular weight is 286 g/mol. The Morgan fingerprint density at radius 2 is 2.17 bits per heavy atom. The lowest BCUT2D eigenvalue weighted by atomic mass is 10.2. The molecule has 0 saturated carbocycles. The molecule has 1 unspecified atom stereocenters. The zero-order valence-corrected chi connectivity index (χ0v) is 11.6. The summed E-state index contributed by atoms with van der Waals surface area (Å²) in [6.07, 6.45) is 0. The summed E-state index contributed by atoms with van der Waals surface area (Å²) in [5, 5.41) is 4.24. The van der Waals surface area contributed by atoms with Gasteiger partial charge in [-0.05, 0) is 43.8 Å². The molecule has 0 radical (unpaired) electrons. The fourth-order valence-corrected chi connectivity index (χ4v) is 2.10. The Balaban J connectivity index is 2.63. The van der Waals surface area contributed by atoms with Crippen LogP contribution in [0.1, 0.15) is 6.92 Å². The van der Waals surface area contributed by atoms with Crippen LogP contribution in [-0.2, 0) is 6.54 Å². The monoisotopic (exact) mass is 285 g/mol. The van der Waals surface area contributed by atoms with Crippen LogP contribution in [0.15, 0.2) is 23.0 Å². The van der Waals surface area contributed by atoms with E-state index in [2.05, 4.69) is 10.3 Å². The molecule has 0 fully saturated rings. The normalized spacial score (nSPS) is 12.9. The summed E-state index contributed by atoms with van der Waals surface area (Å²) in [5.41, 5.74) is 0.386. The summed E-state index contributed by atoms with van der Waals surface area (Å²) in [5.74, 6) is 0. The molecule has 0 amide bonds. The van der Waals surface area contributed by atoms with Crippen LogP contribution >= 0.6 is 23.2 Å². The van der Waals surface area contributed by atoms with Crippen molar-refractivity contribution in [3.8, 4) is 0 Å². The van der Waals surface area contributed by atoms with Crippen molar-refractivity contribution >= 4 is 34.1 Å². The van der Waals surface area contributed by atoms with E-state index in [1.54, 1.807) is 18.2 Å². The number of fused-ring (bicyclic) bond motifs is 1. The third-order valence-corrected chi connectivity index (χ3v) is 3.34. The predicted octanol–water partition coefficient (Wildman–Crippen LogP) is 2.31. The van der Waals surface area contributed by atoms with E-state index in [-0.39, 0.29) is 16.9 Å². The standard InChI is InChI=1S/C12H13Cl2N3O/c1-7(15-2)6-17-11(18)9-5-8(13)3-4-10(9)16-12(17)14/h3-5,7,15H,6H2,1-2H3. The molecule has 0 aliphatic carbocycles. The smallest absolute Gasteiger partial charge is 0.262 e. The number of hydrogen-bond acceptors (Lipinski definition) is 3. The first kappa shape index (κ1) is 13.3.